The van der Waals surface area contributed by atoms with Crippen LogP contribution in [0.2, 0.25) is 0 Å². The summed E-state index contributed by atoms with van der Waals surface area (Å²) in [6, 6.07) is -0.832. The normalized spacial score (nSPS) is 13.4. The van der Waals surface area contributed by atoms with Crippen LogP contribution in [0, 0.1) is 11.3 Å². The number of hydrogen-bond acceptors (Lipinski definition) is 3. The van der Waals surface area contributed by atoms with Gasteiger partial charge in [-0.1, -0.05) is 27.7 Å². The number of carboxylic acids is 1. The zero-order valence-electron chi connectivity index (χ0n) is 11.8. The molecule has 0 bridgehead atoms. The van der Waals surface area contributed by atoms with E-state index < -0.39 is 17.4 Å². The Balaban J connectivity index is 4.82. The monoisotopic (exact) mass is 258 g/mol. The lowest BCUT2D eigenvalue weighted by Gasteiger charge is -2.30. The van der Waals surface area contributed by atoms with Crippen LogP contribution in [0.4, 0.5) is 0 Å². The van der Waals surface area contributed by atoms with E-state index in [1.807, 2.05) is 27.7 Å². The third-order valence-corrected chi connectivity index (χ3v) is 3.54. The van der Waals surface area contributed by atoms with E-state index in [-0.39, 0.29) is 18.4 Å². The first kappa shape index (κ1) is 16.9. The van der Waals surface area contributed by atoms with Gasteiger partial charge in [0.2, 0.25) is 5.91 Å². The van der Waals surface area contributed by atoms with Crippen molar-refractivity contribution in [3.05, 3.63) is 0 Å². The highest BCUT2D eigenvalue weighted by Gasteiger charge is 2.35. The molecule has 0 spiro atoms. The maximum Gasteiger partial charge on any atom is 0.326 e. The molecule has 0 fully saturated rings. The summed E-state index contributed by atoms with van der Waals surface area (Å²) >= 11 is 0. The van der Waals surface area contributed by atoms with Crippen molar-refractivity contribution in [1.82, 2.24) is 5.32 Å². The summed E-state index contributed by atoms with van der Waals surface area (Å²) in [4.78, 5) is 23.3. The molecule has 0 rings (SSSR count). The molecule has 5 heteroatoms. The van der Waals surface area contributed by atoms with Crippen LogP contribution in [-0.2, 0) is 9.59 Å². The van der Waals surface area contributed by atoms with Crippen LogP contribution in [0.25, 0.3) is 0 Å². The number of nitrogens with one attached hydrogen (secondary N) is 1. The zero-order chi connectivity index (χ0) is 14.3. The summed E-state index contributed by atoms with van der Waals surface area (Å²) in [6.07, 6.45) is 1.65. The van der Waals surface area contributed by atoms with Crippen LogP contribution in [0.3, 0.4) is 0 Å². The van der Waals surface area contributed by atoms with Crippen LogP contribution in [-0.4, -0.2) is 29.6 Å². The summed E-state index contributed by atoms with van der Waals surface area (Å²) in [7, 11) is 0. The van der Waals surface area contributed by atoms with E-state index >= 15 is 0 Å². The maximum atomic E-state index is 12.2. The Kier molecular flexibility index (Phi) is 6.91. The van der Waals surface area contributed by atoms with Crippen molar-refractivity contribution < 1.29 is 14.7 Å². The number of aliphatic carboxylic acids is 1. The minimum Gasteiger partial charge on any atom is -0.480 e. The fourth-order valence-electron chi connectivity index (χ4n) is 1.96. The molecule has 0 aromatic rings. The predicted octanol–water partition coefficient (Wildman–Crippen LogP) is 1.37. The quantitative estimate of drug-likeness (QED) is 0.613. The molecule has 0 heterocycles. The fraction of sp³-hybridized carbons (Fsp3) is 0.846. The average molecular weight is 258 g/mol. The second-order valence-corrected chi connectivity index (χ2v) is 5.19. The van der Waals surface area contributed by atoms with Gasteiger partial charge in [-0.2, -0.15) is 0 Å². The second kappa shape index (κ2) is 7.36. The van der Waals surface area contributed by atoms with Gasteiger partial charge in [0.05, 0.1) is 5.41 Å². The fourth-order valence-corrected chi connectivity index (χ4v) is 1.96. The largest absolute Gasteiger partial charge is 0.480 e. The predicted molar refractivity (Wildman–Crippen MR) is 71.1 cm³/mol. The van der Waals surface area contributed by atoms with Gasteiger partial charge in [-0.15, -0.1) is 0 Å². The summed E-state index contributed by atoms with van der Waals surface area (Å²) in [6.45, 7) is 7.89. The van der Waals surface area contributed by atoms with Gasteiger partial charge in [-0.05, 0) is 25.2 Å². The molecule has 0 unspecified atom stereocenters. The molecule has 0 aliphatic carbocycles. The lowest BCUT2D eigenvalue weighted by atomic mass is 9.81. The van der Waals surface area contributed by atoms with E-state index in [0.29, 0.717) is 19.3 Å². The van der Waals surface area contributed by atoms with Crippen LogP contribution in [0.15, 0.2) is 0 Å². The number of hydrogen-bond donors (Lipinski definition) is 3. The molecule has 4 N–H and O–H groups in total. The van der Waals surface area contributed by atoms with Crippen molar-refractivity contribution in [3.63, 3.8) is 0 Å². The third-order valence-electron chi connectivity index (χ3n) is 3.54. The Labute approximate surface area is 109 Å². The molecule has 106 valence electrons. The first-order valence-electron chi connectivity index (χ1n) is 6.56. The molecule has 0 saturated carbocycles. The average Bonchev–Trinajstić information content (AvgIpc) is 2.30. The van der Waals surface area contributed by atoms with Gasteiger partial charge in [-0.25, -0.2) is 4.79 Å². The van der Waals surface area contributed by atoms with Gasteiger partial charge in [-0.3, -0.25) is 4.79 Å². The van der Waals surface area contributed by atoms with Crippen LogP contribution >= 0.6 is 0 Å². The third kappa shape index (κ3) is 4.29. The Hall–Kier alpha value is -1.10. The summed E-state index contributed by atoms with van der Waals surface area (Å²) < 4.78 is 0. The minimum absolute atomic E-state index is 0.210. The molecule has 0 saturated heterocycles. The summed E-state index contributed by atoms with van der Waals surface area (Å²) in [5.41, 5.74) is 5.03. The summed E-state index contributed by atoms with van der Waals surface area (Å²) in [5, 5.41) is 11.7. The molecule has 18 heavy (non-hydrogen) atoms. The van der Waals surface area contributed by atoms with Crippen molar-refractivity contribution in [2.75, 3.05) is 6.54 Å². The molecule has 0 radical (unpaired) electrons. The van der Waals surface area contributed by atoms with Crippen molar-refractivity contribution in [3.8, 4) is 0 Å². The molecule has 5 nitrogen and oxygen atoms in total. The Morgan fingerprint density at radius 1 is 1.28 bits per heavy atom. The Morgan fingerprint density at radius 3 is 2.06 bits per heavy atom. The van der Waals surface area contributed by atoms with Crippen molar-refractivity contribution >= 4 is 11.9 Å². The highest BCUT2D eigenvalue weighted by atomic mass is 16.4. The van der Waals surface area contributed by atoms with Crippen molar-refractivity contribution in [2.24, 2.45) is 17.1 Å². The Morgan fingerprint density at radius 2 is 1.78 bits per heavy atom. The van der Waals surface area contributed by atoms with Crippen LogP contribution in [0.5, 0.6) is 0 Å². The molecule has 0 aromatic heterocycles. The lowest BCUT2D eigenvalue weighted by molar-refractivity contribution is -0.144. The zero-order valence-corrected chi connectivity index (χ0v) is 11.8. The van der Waals surface area contributed by atoms with E-state index in [4.69, 9.17) is 10.8 Å². The molecule has 1 atom stereocenters. The van der Waals surface area contributed by atoms with E-state index in [2.05, 4.69) is 5.32 Å². The van der Waals surface area contributed by atoms with E-state index in [1.54, 1.807) is 0 Å². The van der Waals surface area contributed by atoms with Gasteiger partial charge in [0.15, 0.2) is 0 Å². The standard InChI is InChI=1S/C13H26N2O3/c1-5-13(6-2,8-14)12(18)15-10(11(16)17)7-9(3)4/h9-10H,5-8,14H2,1-4H3,(H,15,18)(H,16,17)/t10-/m0/s1. The first-order chi connectivity index (χ1) is 8.32. The number of carboxylic acid groups (broad SMARTS) is 1. The van der Waals surface area contributed by atoms with Gasteiger partial charge in [0, 0.05) is 6.54 Å². The summed E-state index contributed by atoms with van der Waals surface area (Å²) in [5.74, 6) is -1.03. The smallest absolute Gasteiger partial charge is 0.326 e. The molecule has 0 aromatic carbocycles. The minimum atomic E-state index is -0.991. The van der Waals surface area contributed by atoms with E-state index in [1.165, 1.54) is 0 Å². The van der Waals surface area contributed by atoms with Crippen LogP contribution in [0.1, 0.15) is 47.0 Å². The van der Waals surface area contributed by atoms with Gasteiger partial charge >= 0.3 is 5.97 Å². The molecule has 0 aliphatic heterocycles. The first-order valence-corrected chi connectivity index (χ1v) is 6.56. The van der Waals surface area contributed by atoms with E-state index in [0.717, 1.165) is 0 Å². The van der Waals surface area contributed by atoms with E-state index in [9.17, 15) is 9.59 Å². The molecular formula is C13H26N2O3. The van der Waals surface area contributed by atoms with Gasteiger partial charge in [0.25, 0.3) is 0 Å². The number of rotatable bonds is 8. The molecule has 1 amide bonds. The highest BCUT2D eigenvalue weighted by Crippen LogP contribution is 2.25. The number of carbonyl (C=O) groups is 2. The SMILES string of the molecule is CCC(CC)(CN)C(=O)N[C@@H](CC(C)C)C(=O)O. The second-order valence-electron chi connectivity index (χ2n) is 5.19. The number of amides is 1. The Bertz CT molecular complexity index is 278. The van der Waals surface area contributed by atoms with Crippen LogP contribution < -0.4 is 11.1 Å². The van der Waals surface area contributed by atoms with Gasteiger partial charge < -0.3 is 16.2 Å². The highest BCUT2D eigenvalue weighted by molar-refractivity contribution is 5.87. The topological polar surface area (TPSA) is 92.4 Å². The maximum absolute atomic E-state index is 12.2. The molecular weight excluding hydrogens is 232 g/mol. The number of nitrogens with two attached hydrogens (primary N) is 1. The molecule has 0 aliphatic rings. The van der Waals surface area contributed by atoms with Gasteiger partial charge in [0.1, 0.15) is 6.04 Å². The lowest BCUT2D eigenvalue weighted by Crippen LogP contribution is -2.51. The van der Waals surface area contributed by atoms with Crippen molar-refractivity contribution in [1.29, 1.82) is 0 Å². The number of carbonyl (C=O) groups excluding carboxylic acids is 1. The van der Waals surface area contributed by atoms with Crippen molar-refractivity contribution in [2.45, 2.75) is 53.0 Å².